The van der Waals surface area contributed by atoms with E-state index < -0.39 is 5.92 Å². The van der Waals surface area contributed by atoms with Gasteiger partial charge in [0.25, 0.3) is 0 Å². The van der Waals surface area contributed by atoms with Crippen LogP contribution < -0.4 is 15.0 Å². The lowest BCUT2D eigenvalue weighted by Crippen LogP contribution is -2.28. The second-order valence-corrected chi connectivity index (χ2v) is 9.93. The van der Waals surface area contributed by atoms with E-state index in [1.165, 1.54) is 28.7 Å². The Bertz CT molecular complexity index is 1080. The largest absolute Gasteiger partial charge is 0.493 e. The first-order chi connectivity index (χ1) is 15.5. The number of nitrogens with zero attached hydrogens (tertiary/aromatic N) is 3. The van der Waals surface area contributed by atoms with Crippen molar-refractivity contribution in [2.45, 2.75) is 24.6 Å². The molecule has 1 unspecified atom stereocenters. The first kappa shape index (κ1) is 22.3. The van der Waals surface area contributed by atoms with Gasteiger partial charge in [0.1, 0.15) is 5.75 Å². The van der Waals surface area contributed by atoms with Crippen LogP contribution in [0, 0.1) is 19.8 Å². The van der Waals surface area contributed by atoms with Crippen LogP contribution in [0.3, 0.4) is 0 Å². The van der Waals surface area contributed by atoms with Gasteiger partial charge in [0.15, 0.2) is 4.34 Å². The van der Waals surface area contributed by atoms with Gasteiger partial charge >= 0.3 is 0 Å². The molecular weight excluding hydrogens is 444 g/mol. The number of carbonyl (C=O) groups excluding carboxylic acids is 2. The van der Waals surface area contributed by atoms with Crippen molar-refractivity contribution in [3.05, 3.63) is 59.7 Å². The highest BCUT2D eigenvalue weighted by Crippen LogP contribution is 2.29. The summed E-state index contributed by atoms with van der Waals surface area (Å²) in [5.41, 5.74) is 3.14. The molecule has 2 aromatic carbocycles. The third kappa shape index (κ3) is 5.66. The molecule has 0 radical (unpaired) electrons. The molecule has 3 aromatic rings. The number of hydrogen-bond donors (Lipinski definition) is 1. The summed E-state index contributed by atoms with van der Waals surface area (Å²) in [6, 6.07) is 15.7. The average Bonchev–Trinajstić information content (AvgIpc) is 3.39. The van der Waals surface area contributed by atoms with Gasteiger partial charge in [-0.15, -0.1) is 10.2 Å². The van der Waals surface area contributed by atoms with Crippen LogP contribution in [0.25, 0.3) is 0 Å². The van der Waals surface area contributed by atoms with Crippen molar-refractivity contribution in [1.29, 1.82) is 0 Å². The van der Waals surface area contributed by atoms with Crippen LogP contribution in [-0.2, 0) is 9.59 Å². The van der Waals surface area contributed by atoms with Crippen molar-refractivity contribution in [1.82, 2.24) is 10.2 Å². The van der Waals surface area contributed by atoms with Gasteiger partial charge in [-0.05, 0) is 38.1 Å². The number of aryl methyl sites for hydroxylation is 2. The molecule has 0 bridgehead atoms. The summed E-state index contributed by atoms with van der Waals surface area (Å²) >= 11 is 2.85. The number of rotatable bonds is 8. The Labute approximate surface area is 195 Å². The first-order valence-electron chi connectivity index (χ1n) is 10.3. The summed E-state index contributed by atoms with van der Waals surface area (Å²) in [4.78, 5) is 26.7. The summed E-state index contributed by atoms with van der Waals surface area (Å²) in [6.07, 6.45) is 0.191. The Morgan fingerprint density at radius 2 is 1.81 bits per heavy atom. The highest BCUT2D eigenvalue weighted by atomic mass is 32.2. The van der Waals surface area contributed by atoms with E-state index in [1.807, 2.05) is 62.4 Å². The minimum atomic E-state index is -0.410. The van der Waals surface area contributed by atoms with Crippen LogP contribution in [0.15, 0.2) is 52.9 Å². The van der Waals surface area contributed by atoms with Crippen molar-refractivity contribution in [2.24, 2.45) is 5.92 Å². The van der Waals surface area contributed by atoms with E-state index in [1.54, 1.807) is 4.90 Å². The Balaban J connectivity index is 1.24. The summed E-state index contributed by atoms with van der Waals surface area (Å²) in [7, 11) is 0. The molecule has 4 rings (SSSR count). The second kappa shape index (κ2) is 10.1. The van der Waals surface area contributed by atoms with Crippen LogP contribution in [0.1, 0.15) is 17.5 Å². The third-order valence-corrected chi connectivity index (χ3v) is 7.01. The number of benzene rings is 2. The molecule has 1 aromatic heterocycles. The molecule has 2 heterocycles. The molecule has 0 aliphatic carbocycles. The van der Waals surface area contributed by atoms with Crippen molar-refractivity contribution in [3.8, 4) is 5.75 Å². The van der Waals surface area contributed by atoms with E-state index in [0.717, 1.165) is 27.1 Å². The lowest BCUT2D eigenvalue weighted by molar-refractivity contribution is -0.122. The molecule has 166 valence electrons. The fourth-order valence-electron chi connectivity index (χ4n) is 3.31. The molecule has 1 saturated heterocycles. The lowest BCUT2D eigenvalue weighted by Gasteiger charge is -2.16. The second-order valence-electron chi connectivity index (χ2n) is 7.61. The monoisotopic (exact) mass is 468 g/mol. The summed E-state index contributed by atoms with van der Waals surface area (Å²) < 4.78 is 6.47. The van der Waals surface area contributed by atoms with E-state index >= 15 is 0 Å². The third-order valence-electron chi connectivity index (χ3n) is 5.08. The molecule has 9 heteroatoms. The summed E-state index contributed by atoms with van der Waals surface area (Å²) in [5, 5.41) is 11.4. The molecule has 2 amide bonds. The molecule has 1 fully saturated rings. The molecule has 0 saturated carbocycles. The molecule has 1 N–H and O–H groups in total. The maximum atomic E-state index is 12.7. The van der Waals surface area contributed by atoms with Gasteiger partial charge in [0.05, 0.1) is 12.5 Å². The number of hydrogen-bond acceptors (Lipinski definition) is 7. The molecule has 1 atom stereocenters. The van der Waals surface area contributed by atoms with Gasteiger partial charge < -0.3 is 15.0 Å². The van der Waals surface area contributed by atoms with Crippen molar-refractivity contribution < 1.29 is 14.3 Å². The normalized spacial score (nSPS) is 15.8. The number of nitrogens with one attached hydrogen (secondary N) is 1. The van der Waals surface area contributed by atoms with Gasteiger partial charge in [-0.2, -0.15) is 0 Å². The number of carbonyl (C=O) groups is 2. The lowest BCUT2D eigenvalue weighted by atomic mass is 10.1. The highest BCUT2D eigenvalue weighted by Gasteiger charge is 2.35. The summed E-state index contributed by atoms with van der Waals surface area (Å²) in [5.74, 6) is 0.900. The quantitative estimate of drug-likeness (QED) is 0.301. The number of ether oxygens (including phenoxy) is 1. The minimum absolute atomic E-state index is 0.0453. The first-order valence-corrected chi connectivity index (χ1v) is 12.1. The molecule has 32 heavy (non-hydrogen) atoms. The van der Waals surface area contributed by atoms with Gasteiger partial charge in [-0.3, -0.25) is 9.59 Å². The van der Waals surface area contributed by atoms with E-state index in [0.29, 0.717) is 18.3 Å². The Morgan fingerprint density at radius 1 is 1.12 bits per heavy atom. The van der Waals surface area contributed by atoms with Crippen molar-refractivity contribution in [3.63, 3.8) is 0 Å². The zero-order valence-corrected chi connectivity index (χ0v) is 19.5. The topological polar surface area (TPSA) is 84.4 Å². The SMILES string of the molecule is Cc1ccc(OCCSc2nnc(NC(=O)C3CC(=O)N(c4ccc(C)cc4)C3)s2)cc1. The van der Waals surface area contributed by atoms with Crippen molar-refractivity contribution in [2.75, 3.05) is 29.1 Å². The van der Waals surface area contributed by atoms with Gasteiger partial charge in [-0.25, -0.2) is 0 Å². The molecule has 1 aliphatic heterocycles. The smallest absolute Gasteiger partial charge is 0.231 e. The predicted molar refractivity (Wildman–Crippen MR) is 128 cm³/mol. The minimum Gasteiger partial charge on any atom is -0.493 e. The fourth-order valence-corrected chi connectivity index (χ4v) is 4.95. The fraction of sp³-hybridized carbons (Fsp3) is 0.304. The van der Waals surface area contributed by atoms with Crippen molar-refractivity contribution >= 4 is 45.7 Å². The maximum absolute atomic E-state index is 12.7. The number of anilines is 2. The molecule has 0 spiro atoms. The zero-order valence-electron chi connectivity index (χ0n) is 17.9. The van der Waals surface area contributed by atoms with Gasteiger partial charge in [0, 0.05) is 24.4 Å². The molecule has 1 aliphatic rings. The Hall–Kier alpha value is -2.91. The molecular formula is C23H24N4O3S2. The van der Waals surface area contributed by atoms with Crippen LogP contribution in [0.5, 0.6) is 5.75 Å². The number of aromatic nitrogens is 2. The Kier molecular flexibility index (Phi) is 7.06. The summed E-state index contributed by atoms with van der Waals surface area (Å²) in [6.45, 7) is 4.95. The van der Waals surface area contributed by atoms with Gasteiger partial charge in [-0.1, -0.05) is 58.5 Å². The van der Waals surface area contributed by atoms with Crippen LogP contribution >= 0.6 is 23.1 Å². The maximum Gasteiger partial charge on any atom is 0.231 e. The standard InChI is InChI=1S/C23H24N4O3S2/c1-15-3-7-18(8-4-15)27-14-17(13-20(27)28)21(29)24-22-25-26-23(32-22)31-12-11-30-19-9-5-16(2)6-10-19/h3-10,17H,11-14H2,1-2H3,(H,24,25,29). The zero-order chi connectivity index (χ0) is 22.5. The molecule has 7 nitrogen and oxygen atoms in total. The van der Waals surface area contributed by atoms with Crippen LogP contribution in [0.2, 0.25) is 0 Å². The van der Waals surface area contributed by atoms with Crippen LogP contribution in [-0.4, -0.2) is 40.9 Å². The van der Waals surface area contributed by atoms with Gasteiger partial charge in [0.2, 0.25) is 16.9 Å². The van der Waals surface area contributed by atoms with Crippen LogP contribution in [0.4, 0.5) is 10.8 Å². The van der Waals surface area contributed by atoms with E-state index in [-0.39, 0.29) is 18.2 Å². The van der Waals surface area contributed by atoms with E-state index in [4.69, 9.17) is 4.74 Å². The average molecular weight is 469 g/mol. The van der Waals surface area contributed by atoms with E-state index in [2.05, 4.69) is 15.5 Å². The number of thioether (sulfide) groups is 1. The number of amides is 2. The highest BCUT2D eigenvalue weighted by molar-refractivity contribution is 8.01. The van der Waals surface area contributed by atoms with E-state index in [9.17, 15) is 9.59 Å². The Morgan fingerprint density at radius 3 is 2.53 bits per heavy atom. The predicted octanol–water partition coefficient (Wildman–Crippen LogP) is 4.32.